The Labute approximate surface area is 114 Å². The predicted octanol–water partition coefficient (Wildman–Crippen LogP) is 3.59. The highest BCUT2D eigenvalue weighted by Crippen LogP contribution is 2.25. The van der Waals surface area contributed by atoms with Gasteiger partial charge < -0.3 is 10.1 Å². The van der Waals surface area contributed by atoms with Crippen LogP contribution >= 0.6 is 0 Å². The van der Waals surface area contributed by atoms with E-state index in [1.807, 2.05) is 6.92 Å². The Balaban J connectivity index is 2.64. The maximum absolute atomic E-state index is 10.9. The molecule has 0 aliphatic carbocycles. The molecule has 1 aromatic carbocycles. The third kappa shape index (κ3) is 5.26. The van der Waals surface area contributed by atoms with Gasteiger partial charge in [0.1, 0.15) is 5.69 Å². The van der Waals surface area contributed by atoms with E-state index in [0.717, 1.165) is 12.0 Å². The first-order chi connectivity index (χ1) is 9.04. The zero-order chi connectivity index (χ0) is 14.3. The van der Waals surface area contributed by atoms with Crippen LogP contribution in [0, 0.1) is 16.0 Å². The Morgan fingerprint density at radius 1 is 1.42 bits per heavy atom. The molecule has 0 amide bonds. The first-order valence-electron chi connectivity index (χ1n) is 6.63. The lowest BCUT2D eigenvalue weighted by Gasteiger charge is -2.09. The zero-order valence-electron chi connectivity index (χ0n) is 11.8. The molecule has 0 aliphatic heterocycles. The van der Waals surface area contributed by atoms with Gasteiger partial charge in [-0.05, 0) is 37.0 Å². The Bertz CT molecular complexity index is 419. The Morgan fingerprint density at radius 2 is 2.16 bits per heavy atom. The normalized spacial score (nSPS) is 10.7. The van der Waals surface area contributed by atoms with Gasteiger partial charge in [0, 0.05) is 19.2 Å². The average Bonchev–Trinajstić information content (AvgIpc) is 2.35. The topological polar surface area (TPSA) is 64.4 Å². The molecule has 0 aromatic heterocycles. The molecule has 0 heterocycles. The Hall–Kier alpha value is -1.62. The van der Waals surface area contributed by atoms with Gasteiger partial charge in [0.2, 0.25) is 0 Å². The number of anilines is 1. The summed E-state index contributed by atoms with van der Waals surface area (Å²) in [5.74, 6) is 0.620. The summed E-state index contributed by atoms with van der Waals surface area (Å²) in [4.78, 5) is 10.5. The lowest BCUT2D eigenvalue weighted by atomic mass is 10.1. The molecule has 0 spiro atoms. The van der Waals surface area contributed by atoms with E-state index in [1.165, 1.54) is 6.07 Å². The number of hydrogen-bond donors (Lipinski definition) is 1. The number of rotatable bonds is 8. The Kier molecular flexibility index (Phi) is 6.29. The molecular weight excluding hydrogens is 244 g/mol. The second-order valence-corrected chi connectivity index (χ2v) is 4.87. The van der Waals surface area contributed by atoms with E-state index in [1.54, 1.807) is 12.1 Å². The quantitative estimate of drug-likeness (QED) is 0.443. The van der Waals surface area contributed by atoms with Gasteiger partial charge in [0.25, 0.3) is 5.69 Å². The second-order valence-electron chi connectivity index (χ2n) is 4.87. The maximum atomic E-state index is 10.9. The Morgan fingerprint density at radius 3 is 2.74 bits per heavy atom. The van der Waals surface area contributed by atoms with Crippen LogP contribution < -0.4 is 5.32 Å². The monoisotopic (exact) mass is 266 g/mol. The van der Waals surface area contributed by atoms with Crippen LogP contribution in [0.15, 0.2) is 18.2 Å². The largest absolute Gasteiger partial charge is 0.380 e. The van der Waals surface area contributed by atoms with Crippen molar-refractivity contribution in [2.45, 2.75) is 33.8 Å². The highest BCUT2D eigenvalue weighted by Gasteiger charge is 2.13. The van der Waals surface area contributed by atoms with Crippen molar-refractivity contribution in [1.29, 1.82) is 0 Å². The first-order valence-corrected chi connectivity index (χ1v) is 6.63. The van der Waals surface area contributed by atoms with Gasteiger partial charge in [-0.1, -0.05) is 13.8 Å². The molecule has 0 aliphatic rings. The molecule has 1 aromatic rings. The van der Waals surface area contributed by atoms with Gasteiger partial charge in [-0.2, -0.15) is 0 Å². The molecule has 0 bridgehead atoms. The number of benzene rings is 1. The molecule has 0 radical (unpaired) electrons. The van der Waals surface area contributed by atoms with E-state index >= 15 is 0 Å². The van der Waals surface area contributed by atoms with Crippen molar-refractivity contribution >= 4 is 11.4 Å². The van der Waals surface area contributed by atoms with Crippen LogP contribution in [0.1, 0.15) is 32.8 Å². The summed E-state index contributed by atoms with van der Waals surface area (Å²) in [7, 11) is 0. The van der Waals surface area contributed by atoms with Crippen LogP contribution in [0.3, 0.4) is 0 Å². The van der Waals surface area contributed by atoms with Crippen LogP contribution in [-0.4, -0.2) is 18.1 Å². The van der Waals surface area contributed by atoms with Crippen LogP contribution in [0.5, 0.6) is 0 Å². The third-order valence-corrected chi connectivity index (χ3v) is 2.73. The molecule has 1 N–H and O–H groups in total. The number of nitrogens with one attached hydrogen (secondary N) is 1. The van der Waals surface area contributed by atoms with Gasteiger partial charge in [-0.25, -0.2) is 0 Å². The molecule has 5 nitrogen and oxygen atoms in total. The van der Waals surface area contributed by atoms with Crippen LogP contribution in [-0.2, 0) is 11.3 Å². The van der Waals surface area contributed by atoms with Crippen molar-refractivity contribution in [2.75, 3.05) is 18.5 Å². The van der Waals surface area contributed by atoms with Crippen molar-refractivity contribution < 1.29 is 9.66 Å². The summed E-state index contributed by atoms with van der Waals surface area (Å²) in [6.07, 6.45) is 1.02. The first kappa shape index (κ1) is 15.4. The fourth-order valence-electron chi connectivity index (χ4n) is 1.67. The number of nitrogens with zero attached hydrogens (tertiary/aromatic N) is 1. The molecule has 0 saturated heterocycles. The minimum atomic E-state index is -0.374. The van der Waals surface area contributed by atoms with Crippen molar-refractivity contribution in [3.05, 3.63) is 33.9 Å². The van der Waals surface area contributed by atoms with Gasteiger partial charge in [-0.3, -0.25) is 10.1 Å². The fraction of sp³-hybridized carbons (Fsp3) is 0.571. The lowest BCUT2D eigenvalue weighted by Crippen LogP contribution is -2.03. The maximum Gasteiger partial charge on any atom is 0.292 e. The van der Waals surface area contributed by atoms with Gasteiger partial charge in [0.15, 0.2) is 0 Å². The molecule has 0 atom stereocenters. The summed E-state index contributed by atoms with van der Waals surface area (Å²) in [5, 5.41) is 13.9. The summed E-state index contributed by atoms with van der Waals surface area (Å²) in [6.45, 7) is 8.07. The predicted molar refractivity (Wildman–Crippen MR) is 76.4 cm³/mol. The molecule has 0 fully saturated rings. The van der Waals surface area contributed by atoms with Crippen molar-refractivity contribution in [3.63, 3.8) is 0 Å². The standard InChI is InChI=1S/C14H22N2O3/c1-4-15-13-9-12(5-6-14(13)16(17)18)10-19-8-7-11(2)3/h5-6,9,11,15H,4,7-8,10H2,1-3H3. The minimum Gasteiger partial charge on any atom is -0.380 e. The van der Waals surface area contributed by atoms with Crippen molar-refractivity contribution in [3.8, 4) is 0 Å². The summed E-state index contributed by atoms with van der Waals surface area (Å²) >= 11 is 0. The van der Waals surface area contributed by atoms with Gasteiger partial charge in [-0.15, -0.1) is 0 Å². The molecule has 19 heavy (non-hydrogen) atoms. The highest BCUT2D eigenvalue weighted by molar-refractivity contribution is 5.62. The van der Waals surface area contributed by atoms with E-state index in [2.05, 4.69) is 19.2 Å². The average molecular weight is 266 g/mol. The number of hydrogen-bond acceptors (Lipinski definition) is 4. The number of ether oxygens (including phenoxy) is 1. The molecular formula is C14H22N2O3. The van der Waals surface area contributed by atoms with Crippen LogP contribution in [0.2, 0.25) is 0 Å². The zero-order valence-corrected chi connectivity index (χ0v) is 11.8. The highest BCUT2D eigenvalue weighted by atomic mass is 16.6. The van der Waals surface area contributed by atoms with Crippen molar-refractivity contribution in [2.24, 2.45) is 5.92 Å². The number of nitro groups is 1. The third-order valence-electron chi connectivity index (χ3n) is 2.73. The van der Waals surface area contributed by atoms with Crippen molar-refractivity contribution in [1.82, 2.24) is 0 Å². The fourth-order valence-corrected chi connectivity index (χ4v) is 1.67. The van der Waals surface area contributed by atoms with Crippen LogP contribution in [0.25, 0.3) is 0 Å². The molecule has 0 unspecified atom stereocenters. The molecule has 106 valence electrons. The SMILES string of the molecule is CCNc1cc(COCCC(C)C)ccc1[N+](=O)[O-]. The smallest absolute Gasteiger partial charge is 0.292 e. The second kappa shape index (κ2) is 7.74. The van der Waals surface area contributed by atoms with E-state index in [9.17, 15) is 10.1 Å². The number of nitro benzene ring substituents is 1. The molecule has 5 heteroatoms. The van der Waals surface area contributed by atoms with Gasteiger partial charge >= 0.3 is 0 Å². The van der Waals surface area contributed by atoms with E-state index in [4.69, 9.17) is 4.74 Å². The van der Waals surface area contributed by atoms with E-state index < -0.39 is 0 Å². The minimum absolute atomic E-state index is 0.104. The molecule has 1 rings (SSSR count). The van der Waals surface area contributed by atoms with Gasteiger partial charge in [0.05, 0.1) is 11.5 Å². The summed E-state index contributed by atoms with van der Waals surface area (Å²) in [5.41, 5.74) is 1.61. The summed E-state index contributed by atoms with van der Waals surface area (Å²) in [6, 6.07) is 5.06. The summed E-state index contributed by atoms with van der Waals surface area (Å²) < 4.78 is 5.57. The van der Waals surface area contributed by atoms with Crippen LogP contribution in [0.4, 0.5) is 11.4 Å². The lowest BCUT2D eigenvalue weighted by molar-refractivity contribution is -0.384. The van der Waals surface area contributed by atoms with E-state index in [-0.39, 0.29) is 10.6 Å². The molecule has 0 saturated carbocycles. The van der Waals surface area contributed by atoms with E-state index in [0.29, 0.717) is 31.4 Å².